The number of hydrogen-bond donors (Lipinski definition) is 2. The van der Waals surface area contributed by atoms with Crippen molar-refractivity contribution in [1.82, 2.24) is 29.4 Å². The molecule has 1 saturated heterocycles. The number of aryl methyl sites for hydroxylation is 1. The number of anilines is 3. The number of piperazine rings is 1. The van der Waals surface area contributed by atoms with Crippen molar-refractivity contribution in [2.24, 2.45) is 0 Å². The van der Waals surface area contributed by atoms with Gasteiger partial charge in [-0.05, 0) is 55.9 Å². The van der Waals surface area contributed by atoms with Gasteiger partial charge in [-0.25, -0.2) is 4.98 Å². The fraction of sp³-hybridized carbons (Fsp3) is 0.240. The maximum absolute atomic E-state index is 4.88. The third-order valence-corrected chi connectivity index (χ3v) is 6.37. The van der Waals surface area contributed by atoms with Crippen molar-refractivity contribution < 1.29 is 0 Å². The summed E-state index contributed by atoms with van der Waals surface area (Å²) in [6.07, 6.45) is 3.71. The number of fused-ring (bicyclic) bond motifs is 2. The molecule has 0 atom stereocenters. The molecule has 1 aliphatic rings. The Kier molecular flexibility index (Phi) is 4.73. The molecule has 5 aromatic rings. The highest BCUT2D eigenvalue weighted by Gasteiger charge is 2.17. The number of imidazole rings is 1. The highest BCUT2D eigenvalue weighted by molar-refractivity contribution is 5.87. The van der Waals surface area contributed by atoms with E-state index >= 15 is 0 Å². The molecular formula is C25H26N8. The van der Waals surface area contributed by atoms with Crippen LogP contribution in [0.3, 0.4) is 0 Å². The molecule has 166 valence electrons. The van der Waals surface area contributed by atoms with Crippen LogP contribution in [0.4, 0.5) is 17.3 Å². The first kappa shape index (κ1) is 19.8. The first-order valence-electron chi connectivity index (χ1n) is 11.2. The van der Waals surface area contributed by atoms with Crippen LogP contribution in [0.25, 0.3) is 27.9 Å². The van der Waals surface area contributed by atoms with Gasteiger partial charge in [0.2, 0.25) is 5.95 Å². The third kappa shape index (κ3) is 3.58. The highest BCUT2D eigenvalue weighted by Crippen LogP contribution is 2.28. The van der Waals surface area contributed by atoms with Crippen molar-refractivity contribution in [1.29, 1.82) is 0 Å². The number of benzene rings is 2. The SMILES string of the molecule is Cc1cc(Nc2nc(-n3cnc4ccccc43)c3cc[nH]c3n2)ccc1N1CCN(C)CC1. The first-order valence-corrected chi connectivity index (χ1v) is 11.2. The Morgan fingerprint density at radius 1 is 0.970 bits per heavy atom. The second-order valence-electron chi connectivity index (χ2n) is 8.63. The second-order valence-corrected chi connectivity index (χ2v) is 8.63. The van der Waals surface area contributed by atoms with E-state index in [0.29, 0.717) is 5.95 Å². The zero-order chi connectivity index (χ0) is 22.4. The lowest BCUT2D eigenvalue weighted by atomic mass is 10.1. The van der Waals surface area contributed by atoms with Gasteiger partial charge >= 0.3 is 0 Å². The number of rotatable bonds is 4. The zero-order valence-electron chi connectivity index (χ0n) is 18.8. The van der Waals surface area contributed by atoms with Gasteiger partial charge in [-0.15, -0.1) is 0 Å². The Morgan fingerprint density at radius 3 is 2.67 bits per heavy atom. The standard InChI is InChI=1S/C25H26N8/c1-17-15-18(7-8-21(17)32-13-11-31(2)12-14-32)28-25-29-23-19(9-10-26-23)24(30-25)33-16-27-20-5-3-4-6-22(20)33/h3-10,15-16H,11-14H2,1-2H3,(H2,26,28,29,30). The molecule has 1 aliphatic heterocycles. The molecule has 0 bridgehead atoms. The minimum absolute atomic E-state index is 0.546. The minimum atomic E-state index is 0.546. The van der Waals surface area contributed by atoms with E-state index in [-0.39, 0.29) is 0 Å². The molecule has 0 amide bonds. The molecule has 8 nitrogen and oxygen atoms in total. The predicted octanol–water partition coefficient (Wildman–Crippen LogP) is 4.10. The van der Waals surface area contributed by atoms with Gasteiger partial charge < -0.3 is 20.1 Å². The van der Waals surface area contributed by atoms with Crippen molar-refractivity contribution in [3.8, 4) is 5.82 Å². The van der Waals surface area contributed by atoms with E-state index in [2.05, 4.69) is 63.3 Å². The fourth-order valence-electron chi connectivity index (χ4n) is 4.56. The van der Waals surface area contributed by atoms with Gasteiger partial charge in [-0.3, -0.25) is 4.57 Å². The molecule has 1 fully saturated rings. The quantitative estimate of drug-likeness (QED) is 0.440. The molecule has 0 unspecified atom stereocenters. The van der Waals surface area contributed by atoms with Crippen molar-refractivity contribution in [3.05, 3.63) is 66.6 Å². The lowest BCUT2D eigenvalue weighted by molar-refractivity contribution is 0.312. The van der Waals surface area contributed by atoms with E-state index < -0.39 is 0 Å². The average molecular weight is 439 g/mol. The molecule has 0 aliphatic carbocycles. The minimum Gasteiger partial charge on any atom is -0.369 e. The Morgan fingerprint density at radius 2 is 1.82 bits per heavy atom. The van der Waals surface area contributed by atoms with E-state index in [4.69, 9.17) is 9.97 Å². The molecule has 33 heavy (non-hydrogen) atoms. The maximum Gasteiger partial charge on any atom is 0.231 e. The van der Waals surface area contributed by atoms with Crippen LogP contribution in [-0.4, -0.2) is 62.6 Å². The van der Waals surface area contributed by atoms with Gasteiger partial charge in [0.05, 0.1) is 16.4 Å². The summed E-state index contributed by atoms with van der Waals surface area (Å²) in [5, 5.41) is 4.36. The molecule has 2 N–H and O–H groups in total. The number of aromatic amines is 1. The van der Waals surface area contributed by atoms with Crippen LogP contribution >= 0.6 is 0 Å². The molecular weight excluding hydrogens is 412 g/mol. The number of nitrogens with one attached hydrogen (secondary N) is 2. The smallest absolute Gasteiger partial charge is 0.231 e. The van der Waals surface area contributed by atoms with Gasteiger partial charge in [-0.2, -0.15) is 9.97 Å². The van der Waals surface area contributed by atoms with Crippen LogP contribution in [0.15, 0.2) is 61.1 Å². The largest absolute Gasteiger partial charge is 0.369 e. The summed E-state index contributed by atoms with van der Waals surface area (Å²) in [7, 11) is 2.18. The van der Waals surface area contributed by atoms with Crippen LogP contribution < -0.4 is 10.2 Å². The normalized spacial score (nSPS) is 14.9. The van der Waals surface area contributed by atoms with Gasteiger partial charge in [0.15, 0.2) is 5.82 Å². The molecule has 3 aromatic heterocycles. The number of nitrogens with zero attached hydrogens (tertiary/aromatic N) is 6. The third-order valence-electron chi connectivity index (χ3n) is 6.37. The molecule has 0 saturated carbocycles. The molecule has 6 rings (SSSR count). The van der Waals surface area contributed by atoms with Crippen LogP contribution in [0.2, 0.25) is 0 Å². The van der Waals surface area contributed by atoms with Crippen LogP contribution in [-0.2, 0) is 0 Å². The topological polar surface area (TPSA) is 77.9 Å². The number of H-pyrrole nitrogens is 1. The van der Waals surface area contributed by atoms with Gasteiger partial charge in [0.25, 0.3) is 0 Å². The fourth-order valence-corrected chi connectivity index (χ4v) is 4.56. The zero-order valence-corrected chi connectivity index (χ0v) is 18.8. The molecule has 8 heteroatoms. The summed E-state index contributed by atoms with van der Waals surface area (Å²) in [6.45, 7) is 6.46. The average Bonchev–Trinajstić information content (AvgIpc) is 3.47. The first-order chi connectivity index (χ1) is 16.2. The van der Waals surface area contributed by atoms with Crippen LogP contribution in [0.5, 0.6) is 0 Å². The highest BCUT2D eigenvalue weighted by atomic mass is 15.2. The summed E-state index contributed by atoms with van der Waals surface area (Å²) >= 11 is 0. The van der Waals surface area contributed by atoms with Crippen molar-refractivity contribution in [2.75, 3.05) is 43.4 Å². The Labute approximate surface area is 191 Å². The van der Waals surface area contributed by atoms with Crippen LogP contribution in [0, 0.1) is 6.92 Å². The predicted molar refractivity (Wildman–Crippen MR) is 133 cm³/mol. The number of para-hydroxylation sites is 2. The van der Waals surface area contributed by atoms with Crippen LogP contribution in [0.1, 0.15) is 5.56 Å². The second kappa shape index (κ2) is 7.90. The van der Waals surface area contributed by atoms with Crippen molar-refractivity contribution in [3.63, 3.8) is 0 Å². The van der Waals surface area contributed by atoms with E-state index in [1.165, 1.54) is 11.3 Å². The number of likely N-dealkylation sites (N-methyl/N-ethyl adjacent to an activating group) is 1. The lowest BCUT2D eigenvalue weighted by Crippen LogP contribution is -2.44. The van der Waals surface area contributed by atoms with E-state index in [0.717, 1.165) is 59.8 Å². The van der Waals surface area contributed by atoms with E-state index in [1.807, 2.05) is 41.4 Å². The summed E-state index contributed by atoms with van der Waals surface area (Å²) in [5.41, 5.74) is 6.23. The summed E-state index contributed by atoms with van der Waals surface area (Å²) in [4.78, 5) is 22.2. The van der Waals surface area contributed by atoms with Gasteiger partial charge in [-0.1, -0.05) is 12.1 Å². The summed E-state index contributed by atoms with van der Waals surface area (Å²) in [5.74, 6) is 1.34. The molecule has 0 spiro atoms. The Balaban J connectivity index is 1.34. The Hall–Kier alpha value is -3.91. The maximum atomic E-state index is 4.88. The Bertz CT molecular complexity index is 1440. The van der Waals surface area contributed by atoms with E-state index in [9.17, 15) is 0 Å². The summed E-state index contributed by atoms with van der Waals surface area (Å²) < 4.78 is 2.01. The summed E-state index contributed by atoms with van der Waals surface area (Å²) in [6, 6.07) is 16.5. The molecule has 4 heterocycles. The number of hydrogen-bond acceptors (Lipinski definition) is 6. The molecule has 2 aromatic carbocycles. The van der Waals surface area contributed by atoms with Crippen molar-refractivity contribution in [2.45, 2.75) is 6.92 Å². The lowest BCUT2D eigenvalue weighted by Gasteiger charge is -2.35. The van der Waals surface area contributed by atoms with Gasteiger partial charge in [0, 0.05) is 43.8 Å². The van der Waals surface area contributed by atoms with E-state index in [1.54, 1.807) is 0 Å². The van der Waals surface area contributed by atoms with Crippen molar-refractivity contribution >= 4 is 39.4 Å². The number of aromatic nitrogens is 5. The van der Waals surface area contributed by atoms with Gasteiger partial charge in [0.1, 0.15) is 12.0 Å². The molecule has 0 radical (unpaired) electrons. The monoisotopic (exact) mass is 438 g/mol.